The first kappa shape index (κ1) is 19.7. The predicted molar refractivity (Wildman–Crippen MR) is 109 cm³/mol. The van der Waals surface area contributed by atoms with Crippen molar-refractivity contribution in [3.8, 4) is 0 Å². The number of hydrogen-bond donors (Lipinski definition) is 1. The molecule has 2 fully saturated rings. The number of carbonyl (C=O) groups is 2. The van der Waals surface area contributed by atoms with Crippen LogP contribution in [0.5, 0.6) is 0 Å². The lowest BCUT2D eigenvalue weighted by atomic mass is 9.88. The number of aryl methyl sites for hydroxylation is 2. The fourth-order valence-corrected chi connectivity index (χ4v) is 4.38. The number of amides is 2. The molecule has 2 saturated heterocycles. The van der Waals surface area contributed by atoms with Crippen molar-refractivity contribution in [2.45, 2.75) is 51.2 Å². The largest absolute Gasteiger partial charge is 0.472 e. The summed E-state index contributed by atoms with van der Waals surface area (Å²) >= 11 is 0. The van der Waals surface area contributed by atoms with Gasteiger partial charge in [0.2, 0.25) is 0 Å². The quantitative estimate of drug-likeness (QED) is 0.859. The Kier molecular flexibility index (Phi) is 5.46. The van der Waals surface area contributed by atoms with E-state index in [-0.39, 0.29) is 23.5 Å². The SMILES string of the molecule is Cc1ccc(C)c(C(=O)NC[C@H]2CCC3(CCN(C(=O)c4ccoc4)CC3)O2)c1. The van der Waals surface area contributed by atoms with Crippen molar-refractivity contribution in [2.75, 3.05) is 19.6 Å². The molecule has 154 valence electrons. The van der Waals surface area contributed by atoms with Crippen molar-refractivity contribution in [1.29, 1.82) is 0 Å². The van der Waals surface area contributed by atoms with Gasteiger partial charge in [-0.05, 0) is 57.2 Å². The Morgan fingerprint density at radius 2 is 1.97 bits per heavy atom. The van der Waals surface area contributed by atoms with Crippen molar-refractivity contribution in [3.05, 3.63) is 59.0 Å². The van der Waals surface area contributed by atoms with Gasteiger partial charge in [-0.15, -0.1) is 0 Å². The summed E-state index contributed by atoms with van der Waals surface area (Å²) in [6.07, 6.45) is 6.62. The topological polar surface area (TPSA) is 71.8 Å². The summed E-state index contributed by atoms with van der Waals surface area (Å²) in [5, 5.41) is 3.04. The number of nitrogens with one attached hydrogen (secondary N) is 1. The lowest BCUT2D eigenvalue weighted by molar-refractivity contribution is -0.0712. The van der Waals surface area contributed by atoms with Crippen molar-refractivity contribution >= 4 is 11.8 Å². The highest BCUT2D eigenvalue weighted by Gasteiger charge is 2.43. The molecule has 0 aliphatic carbocycles. The van der Waals surface area contributed by atoms with Crippen LogP contribution in [0.4, 0.5) is 0 Å². The van der Waals surface area contributed by atoms with Crippen molar-refractivity contribution in [1.82, 2.24) is 10.2 Å². The molecule has 1 atom stereocenters. The Hall–Kier alpha value is -2.60. The number of rotatable bonds is 4. The molecule has 1 spiro atoms. The molecule has 6 heteroatoms. The summed E-state index contributed by atoms with van der Waals surface area (Å²) in [5.74, 6) is -0.0276. The van der Waals surface area contributed by atoms with Gasteiger partial charge < -0.3 is 19.4 Å². The Morgan fingerprint density at radius 3 is 2.69 bits per heavy atom. The summed E-state index contributed by atoms with van der Waals surface area (Å²) in [4.78, 5) is 26.9. The lowest BCUT2D eigenvalue weighted by Crippen LogP contribution is -2.47. The minimum atomic E-state index is -0.165. The molecule has 4 rings (SSSR count). The first-order valence-corrected chi connectivity index (χ1v) is 10.3. The molecule has 2 aliphatic heterocycles. The molecule has 6 nitrogen and oxygen atoms in total. The minimum Gasteiger partial charge on any atom is -0.472 e. The zero-order chi connectivity index (χ0) is 20.4. The van der Waals surface area contributed by atoms with E-state index in [4.69, 9.17) is 9.15 Å². The monoisotopic (exact) mass is 396 g/mol. The molecule has 0 bridgehead atoms. The number of nitrogens with zero attached hydrogens (tertiary/aromatic N) is 1. The summed E-state index contributed by atoms with van der Waals surface area (Å²) < 4.78 is 11.4. The van der Waals surface area contributed by atoms with Gasteiger partial charge in [-0.1, -0.05) is 17.7 Å². The van der Waals surface area contributed by atoms with E-state index < -0.39 is 0 Å². The Balaban J connectivity index is 1.28. The van der Waals surface area contributed by atoms with Crippen LogP contribution in [0, 0.1) is 13.8 Å². The molecule has 2 aromatic rings. The normalized spacial score (nSPS) is 20.8. The lowest BCUT2D eigenvalue weighted by Gasteiger charge is -2.39. The predicted octanol–water partition coefficient (Wildman–Crippen LogP) is 3.48. The highest BCUT2D eigenvalue weighted by atomic mass is 16.5. The molecule has 1 aromatic heterocycles. The van der Waals surface area contributed by atoms with Gasteiger partial charge in [0, 0.05) is 25.2 Å². The molecule has 29 heavy (non-hydrogen) atoms. The highest BCUT2D eigenvalue weighted by Crippen LogP contribution is 2.39. The maximum atomic E-state index is 12.6. The Labute approximate surface area is 171 Å². The van der Waals surface area contributed by atoms with Gasteiger partial charge in [0.05, 0.1) is 23.5 Å². The van der Waals surface area contributed by atoms with E-state index in [2.05, 4.69) is 5.32 Å². The molecular weight excluding hydrogens is 368 g/mol. The van der Waals surface area contributed by atoms with Gasteiger partial charge in [0.25, 0.3) is 11.8 Å². The smallest absolute Gasteiger partial charge is 0.257 e. The fraction of sp³-hybridized carbons (Fsp3) is 0.478. The number of piperidine rings is 1. The van der Waals surface area contributed by atoms with Gasteiger partial charge in [-0.3, -0.25) is 9.59 Å². The second kappa shape index (κ2) is 8.03. The zero-order valence-corrected chi connectivity index (χ0v) is 17.1. The van der Waals surface area contributed by atoms with E-state index in [0.29, 0.717) is 25.2 Å². The van der Waals surface area contributed by atoms with E-state index in [0.717, 1.165) is 42.4 Å². The standard InChI is InChI=1S/C23H28N2O4/c1-16-3-4-17(2)20(13-16)21(26)24-14-19-5-7-23(29-19)8-10-25(11-9-23)22(27)18-6-12-28-15-18/h3-4,6,12-13,15,19H,5,7-11,14H2,1-2H3,(H,24,26)/t19-/m1/s1. The summed E-state index contributed by atoms with van der Waals surface area (Å²) in [6, 6.07) is 7.62. The van der Waals surface area contributed by atoms with E-state index in [1.54, 1.807) is 6.07 Å². The molecule has 1 N–H and O–H groups in total. The van der Waals surface area contributed by atoms with Crippen molar-refractivity contribution in [3.63, 3.8) is 0 Å². The second-order valence-electron chi connectivity index (χ2n) is 8.29. The van der Waals surface area contributed by atoms with Crippen LogP contribution in [0.15, 0.2) is 41.2 Å². The number of ether oxygens (including phenoxy) is 1. The maximum Gasteiger partial charge on any atom is 0.257 e. The van der Waals surface area contributed by atoms with Gasteiger partial charge in [0.15, 0.2) is 0 Å². The summed E-state index contributed by atoms with van der Waals surface area (Å²) in [6.45, 7) is 5.83. The average Bonchev–Trinajstić information content (AvgIpc) is 3.39. The molecule has 3 heterocycles. The first-order valence-electron chi connectivity index (χ1n) is 10.3. The minimum absolute atomic E-state index is 0.0175. The maximum absolute atomic E-state index is 12.6. The fourth-order valence-electron chi connectivity index (χ4n) is 4.38. The molecule has 0 saturated carbocycles. The third-order valence-corrected chi connectivity index (χ3v) is 6.20. The first-order chi connectivity index (χ1) is 14.0. The van der Waals surface area contributed by atoms with Gasteiger partial charge in [0.1, 0.15) is 6.26 Å². The van der Waals surface area contributed by atoms with E-state index in [1.807, 2.05) is 36.9 Å². The number of carbonyl (C=O) groups excluding carboxylic acids is 2. The van der Waals surface area contributed by atoms with E-state index in [9.17, 15) is 9.59 Å². The highest BCUT2D eigenvalue weighted by molar-refractivity contribution is 5.95. The third kappa shape index (κ3) is 4.22. The zero-order valence-electron chi connectivity index (χ0n) is 17.1. The van der Waals surface area contributed by atoms with Crippen LogP contribution in [-0.2, 0) is 4.74 Å². The van der Waals surface area contributed by atoms with Crippen LogP contribution in [0.2, 0.25) is 0 Å². The number of hydrogen-bond acceptors (Lipinski definition) is 4. The van der Waals surface area contributed by atoms with Crippen LogP contribution in [0.25, 0.3) is 0 Å². The van der Waals surface area contributed by atoms with Gasteiger partial charge in [-0.25, -0.2) is 0 Å². The summed E-state index contributed by atoms with van der Waals surface area (Å²) in [7, 11) is 0. The second-order valence-corrected chi connectivity index (χ2v) is 8.29. The number of benzene rings is 1. The molecule has 2 aliphatic rings. The molecular formula is C23H28N2O4. The Morgan fingerprint density at radius 1 is 1.17 bits per heavy atom. The van der Waals surface area contributed by atoms with Crippen molar-refractivity contribution < 1.29 is 18.7 Å². The van der Waals surface area contributed by atoms with E-state index in [1.165, 1.54) is 12.5 Å². The third-order valence-electron chi connectivity index (χ3n) is 6.20. The van der Waals surface area contributed by atoms with Crippen molar-refractivity contribution in [2.24, 2.45) is 0 Å². The number of furan rings is 1. The van der Waals surface area contributed by atoms with Crippen LogP contribution < -0.4 is 5.32 Å². The summed E-state index contributed by atoms with van der Waals surface area (Å²) in [5.41, 5.74) is 3.21. The molecule has 0 unspecified atom stereocenters. The van der Waals surface area contributed by atoms with Gasteiger partial charge in [-0.2, -0.15) is 0 Å². The van der Waals surface area contributed by atoms with Crippen LogP contribution in [-0.4, -0.2) is 48.1 Å². The van der Waals surface area contributed by atoms with Crippen LogP contribution in [0.3, 0.4) is 0 Å². The van der Waals surface area contributed by atoms with Gasteiger partial charge >= 0.3 is 0 Å². The molecule has 1 aromatic carbocycles. The number of likely N-dealkylation sites (tertiary alicyclic amines) is 1. The Bertz CT molecular complexity index is 882. The molecule has 0 radical (unpaired) electrons. The van der Waals surface area contributed by atoms with E-state index >= 15 is 0 Å². The average molecular weight is 396 g/mol. The molecule has 2 amide bonds. The van der Waals surface area contributed by atoms with Crippen LogP contribution >= 0.6 is 0 Å². The van der Waals surface area contributed by atoms with Crippen LogP contribution in [0.1, 0.15) is 57.5 Å².